The molecule has 2 N–H and O–H groups in total. The molecule has 0 amide bonds. The lowest BCUT2D eigenvalue weighted by molar-refractivity contribution is -0.160. The molecule has 182 valence electrons. The summed E-state index contributed by atoms with van der Waals surface area (Å²) in [5.74, 6) is 2.96. The van der Waals surface area contributed by atoms with E-state index in [4.69, 9.17) is 0 Å². The van der Waals surface area contributed by atoms with Crippen LogP contribution in [0.1, 0.15) is 113 Å². The molecule has 0 radical (unpaired) electrons. The second-order valence-electron chi connectivity index (χ2n) is 14.8. The van der Waals surface area contributed by atoms with Gasteiger partial charge in [0.2, 0.25) is 0 Å². The van der Waals surface area contributed by atoms with Crippen LogP contribution in [0.2, 0.25) is 0 Å². The zero-order valence-electron chi connectivity index (χ0n) is 22.0. The standard InChI is InChI=1S/C30H50O2/c1-20(9-8-14-25(2,3)32)21-12-15-28(7)23-11-10-22-26(4,5)24(31)13-16-29(22)19-30(23,29)18-17-27(21,28)6/h8-9,20-24,31-32H,10-19H2,1-7H3/b9-8-/t20-,21-,22+,23+,24+,27-,28+,29-,30+/m1/s1. The Hall–Kier alpha value is -0.340. The zero-order chi connectivity index (χ0) is 23.4. The highest BCUT2D eigenvalue weighted by atomic mass is 16.3. The lowest BCUT2D eigenvalue weighted by atomic mass is 9.42. The molecule has 0 aromatic carbocycles. The van der Waals surface area contributed by atoms with Crippen LogP contribution in [0.3, 0.4) is 0 Å². The highest BCUT2D eigenvalue weighted by Crippen LogP contribution is 2.89. The summed E-state index contributed by atoms with van der Waals surface area (Å²) in [6, 6.07) is 0. The van der Waals surface area contributed by atoms with Crippen LogP contribution in [0, 0.1) is 50.7 Å². The van der Waals surface area contributed by atoms with Gasteiger partial charge in [0.1, 0.15) is 0 Å². The Kier molecular flexibility index (Phi) is 5.02. The Bertz CT molecular complexity index is 791. The number of fused-ring (bicyclic) bond motifs is 2. The summed E-state index contributed by atoms with van der Waals surface area (Å²) in [4.78, 5) is 0. The highest BCUT2D eigenvalue weighted by molar-refractivity contribution is 5.30. The van der Waals surface area contributed by atoms with Crippen molar-refractivity contribution in [3.8, 4) is 0 Å². The van der Waals surface area contributed by atoms with E-state index < -0.39 is 5.60 Å². The molecule has 5 aliphatic rings. The molecule has 0 aromatic rings. The SMILES string of the molecule is C[C@H](/C=C\CC(C)(C)O)[C@H]1CC[C@@]2(C)[C@@H]3CC[C@H]4C(C)(C)[C@@H](O)CC[C@@]45C[C@@]35CC[C@]12C. The molecular formula is C30H50O2. The van der Waals surface area contributed by atoms with Crippen molar-refractivity contribution in [1.29, 1.82) is 0 Å². The average molecular weight is 443 g/mol. The maximum absolute atomic E-state index is 10.8. The normalized spacial score (nSPS) is 52.7. The third kappa shape index (κ3) is 2.84. The van der Waals surface area contributed by atoms with Crippen LogP contribution in [-0.4, -0.2) is 21.9 Å². The van der Waals surface area contributed by atoms with E-state index in [1.165, 1.54) is 51.4 Å². The van der Waals surface area contributed by atoms with E-state index in [1.807, 2.05) is 13.8 Å². The summed E-state index contributed by atoms with van der Waals surface area (Å²) < 4.78 is 0. The number of aliphatic hydroxyl groups is 2. The van der Waals surface area contributed by atoms with Crippen molar-refractivity contribution in [1.82, 2.24) is 0 Å². The van der Waals surface area contributed by atoms with E-state index >= 15 is 0 Å². The summed E-state index contributed by atoms with van der Waals surface area (Å²) in [6.45, 7) is 16.4. The van der Waals surface area contributed by atoms with Crippen molar-refractivity contribution in [2.24, 2.45) is 50.7 Å². The van der Waals surface area contributed by atoms with Crippen LogP contribution in [-0.2, 0) is 0 Å². The van der Waals surface area contributed by atoms with Crippen molar-refractivity contribution < 1.29 is 10.2 Å². The van der Waals surface area contributed by atoms with Crippen LogP contribution in [0.4, 0.5) is 0 Å². The van der Waals surface area contributed by atoms with Gasteiger partial charge < -0.3 is 10.2 Å². The molecule has 5 saturated carbocycles. The van der Waals surface area contributed by atoms with Crippen LogP contribution < -0.4 is 0 Å². The maximum atomic E-state index is 10.8. The number of allylic oxidation sites excluding steroid dienone is 1. The van der Waals surface area contributed by atoms with Gasteiger partial charge in [0.05, 0.1) is 11.7 Å². The molecule has 0 bridgehead atoms. The Morgan fingerprint density at radius 2 is 1.53 bits per heavy atom. The fourth-order valence-electron chi connectivity index (χ4n) is 10.9. The Morgan fingerprint density at radius 1 is 0.875 bits per heavy atom. The van der Waals surface area contributed by atoms with Gasteiger partial charge in [-0.15, -0.1) is 0 Å². The molecule has 2 nitrogen and oxygen atoms in total. The summed E-state index contributed by atoms with van der Waals surface area (Å²) in [6.07, 6.45) is 17.4. The lowest BCUT2D eigenvalue weighted by Gasteiger charge is -2.63. The molecule has 5 rings (SSSR count). The van der Waals surface area contributed by atoms with Gasteiger partial charge >= 0.3 is 0 Å². The quantitative estimate of drug-likeness (QED) is 0.454. The molecule has 2 heteroatoms. The number of hydrogen-bond donors (Lipinski definition) is 2. The molecule has 2 spiro atoms. The summed E-state index contributed by atoms with van der Waals surface area (Å²) >= 11 is 0. The fraction of sp³-hybridized carbons (Fsp3) is 0.933. The third-order valence-corrected chi connectivity index (χ3v) is 12.8. The summed E-state index contributed by atoms with van der Waals surface area (Å²) in [7, 11) is 0. The number of hydrogen-bond acceptors (Lipinski definition) is 2. The van der Waals surface area contributed by atoms with E-state index in [9.17, 15) is 10.2 Å². The zero-order valence-corrected chi connectivity index (χ0v) is 22.0. The monoisotopic (exact) mass is 442 g/mol. The molecule has 32 heavy (non-hydrogen) atoms. The molecule has 0 aromatic heterocycles. The van der Waals surface area contributed by atoms with Crippen LogP contribution in [0.15, 0.2) is 12.2 Å². The smallest absolute Gasteiger partial charge is 0.0626 e. The Morgan fingerprint density at radius 3 is 2.22 bits per heavy atom. The first kappa shape index (κ1) is 23.4. The van der Waals surface area contributed by atoms with E-state index in [2.05, 4.69) is 46.8 Å². The summed E-state index contributed by atoms with van der Waals surface area (Å²) in [5.41, 5.74) is 1.49. The fourth-order valence-corrected chi connectivity index (χ4v) is 10.9. The molecule has 0 saturated heterocycles. The van der Waals surface area contributed by atoms with Crippen LogP contribution in [0.5, 0.6) is 0 Å². The van der Waals surface area contributed by atoms with Crippen molar-refractivity contribution >= 4 is 0 Å². The van der Waals surface area contributed by atoms with E-state index in [0.717, 1.165) is 30.6 Å². The van der Waals surface area contributed by atoms with Crippen molar-refractivity contribution in [2.45, 2.75) is 124 Å². The van der Waals surface area contributed by atoms with Crippen LogP contribution in [0.25, 0.3) is 0 Å². The number of rotatable bonds is 4. The van der Waals surface area contributed by atoms with Gasteiger partial charge in [-0.2, -0.15) is 0 Å². The molecule has 0 unspecified atom stereocenters. The van der Waals surface area contributed by atoms with Gasteiger partial charge in [0.25, 0.3) is 0 Å². The molecule has 9 atom stereocenters. The van der Waals surface area contributed by atoms with Gasteiger partial charge in [-0.3, -0.25) is 0 Å². The second-order valence-corrected chi connectivity index (χ2v) is 14.8. The minimum atomic E-state index is -0.609. The Labute approximate surface area is 197 Å². The third-order valence-electron chi connectivity index (χ3n) is 12.8. The van der Waals surface area contributed by atoms with Crippen LogP contribution >= 0.6 is 0 Å². The second kappa shape index (κ2) is 6.87. The lowest BCUT2D eigenvalue weighted by Crippen LogP contribution is -2.57. The first-order valence-electron chi connectivity index (χ1n) is 13.8. The topological polar surface area (TPSA) is 40.5 Å². The van der Waals surface area contributed by atoms with Crippen molar-refractivity contribution in [3.63, 3.8) is 0 Å². The predicted octanol–water partition coefficient (Wildman–Crippen LogP) is 7.14. The highest BCUT2D eigenvalue weighted by Gasteiger charge is 2.82. The predicted molar refractivity (Wildman–Crippen MR) is 132 cm³/mol. The first-order chi connectivity index (χ1) is 14.7. The van der Waals surface area contributed by atoms with E-state index in [1.54, 1.807) is 0 Å². The molecule has 0 heterocycles. The summed E-state index contributed by atoms with van der Waals surface area (Å²) in [5, 5.41) is 21.0. The average Bonchev–Trinajstić information content (AvgIpc) is 3.27. The van der Waals surface area contributed by atoms with Gasteiger partial charge in [0.15, 0.2) is 0 Å². The minimum Gasteiger partial charge on any atom is -0.393 e. The van der Waals surface area contributed by atoms with Crippen molar-refractivity contribution in [3.05, 3.63) is 12.2 Å². The molecule has 0 aliphatic heterocycles. The van der Waals surface area contributed by atoms with Gasteiger partial charge in [-0.05, 0) is 129 Å². The molecule has 5 aliphatic carbocycles. The Balaban J connectivity index is 1.40. The van der Waals surface area contributed by atoms with Crippen molar-refractivity contribution in [2.75, 3.05) is 0 Å². The molecular weight excluding hydrogens is 392 g/mol. The minimum absolute atomic E-state index is 0.0897. The first-order valence-corrected chi connectivity index (χ1v) is 13.8. The largest absolute Gasteiger partial charge is 0.393 e. The van der Waals surface area contributed by atoms with Gasteiger partial charge in [-0.1, -0.05) is 46.8 Å². The van der Waals surface area contributed by atoms with Gasteiger partial charge in [0, 0.05) is 0 Å². The maximum Gasteiger partial charge on any atom is 0.0626 e. The molecule has 5 fully saturated rings. The van der Waals surface area contributed by atoms with E-state index in [-0.39, 0.29) is 11.5 Å². The van der Waals surface area contributed by atoms with E-state index in [0.29, 0.717) is 27.6 Å². The number of aliphatic hydroxyl groups excluding tert-OH is 1. The van der Waals surface area contributed by atoms with Gasteiger partial charge in [-0.25, -0.2) is 0 Å².